The average molecular weight is 243 g/mol. The molecule has 1 rings (SSSR count). The van der Waals surface area contributed by atoms with E-state index in [-0.39, 0.29) is 6.54 Å². The van der Waals surface area contributed by atoms with Gasteiger partial charge in [-0.15, -0.1) is 0 Å². The summed E-state index contributed by atoms with van der Waals surface area (Å²) in [4.78, 5) is 5.52. The fourth-order valence-corrected chi connectivity index (χ4v) is 1.53. The second-order valence-electron chi connectivity index (χ2n) is 4.31. The molecule has 3 nitrogen and oxygen atoms in total. The Morgan fingerprint density at radius 1 is 1.41 bits per heavy atom. The highest BCUT2D eigenvalue weighted by Gasteiger charge is 2.12. The Hall–Kier alpha value is -1.23. The van der Waals surface area contributed by atoms with Gasteiger partial charge < -0.3 is 10.2 Å². The lowest BCUT2D eigenvalue weighted by molar-refractivity contribution is 0.156. The molecule has 0 unspecified atom stereocenters. The Morgan fingerprint density at radius 3 is 2.71 bits per heavy atom. The molecule has 5 heteroatoms. The first-order chi connectivity index (χ1) is 8.00. The maximum absolute atomic E-state index is 12.3. The molecule has 0 spiro atoms. The molecule has 0 radical (unpaired) electrons. The van der Waals surface area contributed by atoms with Crippen LogP contribution in [0.25, 0.3) is 0 Å². The summed E-state index contributed by atoms with van der Waals surface area (Å²) in [5.74, 6) is 0. The van der Waals surface area contributed by atoms with Gasteiger partial charge in [0.1, 0.15) is 0 Å². The largest absolute Gasteiger partial charge is 0.367 e. The SMILES string of the molecule is CC(C)NCc1ccncc1N(C)CC(F)F. The van der Waals surface area contributed by atoms with Crippen LogP contribution in [0.1, 0.15) is 19.4 Å². The molecule has 1 aromatic heterocycles. The van der Waals surface area contributed by atoms with Gasteiger partial charge in [-0.2, -0.15) is 0 Å². The number of rotatable bonds is 6. The molecule has 1 heterocycles. The number of alkyl halides is 2. The smallest absolute Gasteiger partial charge is 0.255 e. The standard InChI is InChI=1S/C12H19F2N3/c1-9(2)16-6-10-4-5-15-7-11(10)17(3)8-12(13)14/h4-5,7,9,12,16H,6,8H2,1-3H3. The molecule has 96 valence electrons. The molecule has 0 aliphatic heterocycles. The molecular weight excluding hydrogens is 224 g/mol. The van der Waals surface area contributed by atoms with E-state index in [4.69, 9.17) is 0 Å². The first kappa shape index (κ1) is 13.8. The van der Waals surface area contributed by atoms with Gasteiger partial charge in [-0.1, -0.05) is 13.8 Å². The first-order valence-corrected chi connectivity index (χ1v) is 5.66. The summed E-state index contributed by atoms with van der Waals surface area (Å²) >= 11 is 0. The number of anilines is 1. The van der Waals surface area contributed by atoms with Gasteiger partial charge in [-0.25, -0.2) is 8.78 Å². The van der Waals surface area contributed by atoms with Crippen molar-refractivity contribution < 1.29 is 8.78 Å². The molecule has 0 saturated heterocycles. The number of hydrogen-bond donors (Lipinski definition) is 1. The molecule has 17 heavy (non-hydrogen) atoms. The van der Waals surface area contributed by atoms with Crippen molar-refractivity contribution in [3.63, 3.8) is 0 Å². The van der Waals surface area contributed by atoms with E-state index >= 15 is 0 Å². The molecule has 0 fully saturated rings. The summed E-state index contributed by atoms with van der Waals surface area (Å²) in [7, 11) is 1.65. The van der Waals surface area contributed by atoms with Crippen molar-refractivity contribution in [3.8, 4) is 0 Å². The first-order valence-electron chi connectivity index (χ1n) is 5.66. The summed E-state index contributed by atoms with van der Waals surface area (Å²) in [5, 5.41) is 3.27. The second kappa shape index (κ2) is 6.49. The molecular formula is C12H19F2N3. The maximum Gasteiger partial charge on any atom is 0.255 e. The van der Waals surface area contributed by atoms with Crippen molar-refractivity contribution in [2.24, 2.45) is 0 Å². The average Bonchev–Trinajstić information content (AvgIpc) is 2.25. The van der Waals surface area contributed by atoms with Gasteiger partial charge in [0.25, 0.3) is 6.43 Å². The van der Waals surface area contributed by atoms with Gasteiger partial charge in [0.05, 0.1) is 18.4 Å². The van der Waals surface area contributed by atoms with E-state index < -0.39 is 6.43 Å². The maximum atomic E-state index is 12.3. The van der Waals surface area contributed by atoms with E-state index in [9.17, 15) is 8.78 Å². The molecule has 0 aromatic carbocycles. The number of hydrogen-bond acceptors (Lipinski definition) is 3. The van der Waals surface area contributed by atoms with E-state index in [1.165, 1.54) is 4.90 Å². The Bertz CT molecular complexity index is 342. The van der Waals surface area contributed by atoms with Gasteiger partial charge in [0.2, 0.25) is 0 Å². The third-order valence-electron chi connectivity index (χ3n) is 2.41. The van der Waals surface area contributed by atoms with Crippen molar-refractivity contribution in [3.05, 3.63) is 24.0 Å². The summed E-state index contributed by atoms with van der Waals surface area (Å²) in [5.41, 5.74) is 1.73. The van der Waals surface area contributed by atoms with Gasteiger partial charge in [-0.3, -0.25) is 4.98 Å². The van der Waals surface area contributed by atoms with Crippen LogP contribution in [0.3, 0.4) is 0 Å². The van der Waals surface area contributed by atoms with Gasteiger partial charge in [0.15, 0.2) is 0 Å². The Labute approximate surface area is 101 Å². The Balaban J connectivity index is 2.76. The highest BCUT2D eigenvalue weighted by atomic mass is 19.3. The van der Waals surface area contributed by atoms with Gasteiger partial charge >= 0.3 is 0 Å². The van der Waals surface area contributed by atoms with Crippen molar-refractivity contribution in [1.29, 1.82) is 0 Å². The fraction of sp³-hybridized carbons (Fsp3) is 0.583. The van der Waals surface area contributed by atoms with Crippen LogP contribution in [0.5, 0.6) is 0 Å². The normalized spacial score (nSPS) is 11.2. The van der Waals surface area contributed by atoms with Crippen molar-refractivity contribution in [2.75, 3.05) is 18.5 Å². The number of aromatic nitrogens is 1. The third kappa shape index (κ3) is 4.65. The predicted octanol–water partition coefficient (Wildman–Crippen LogP) is 2.28. The number of nitrogens with zero attached hydrogens (tertiary/aromatic N) is 2. The number of halogens is 2. The predicted molar refractivity (Wildman–Crippen MR) is 65.5 cm³/mol. The quantitative estimate of drug-likeness (QED) is 0.830. The zero-order chi connectivity index (χ0) is 12.8. The van der Waals surface area contributed by atoms with Crippen LogP contribution in [-0.4, -0.2) is 31.0 Å². The van der Waals surface area contributed by atoms with Crippen LogP contribution in [0.4, 0.5) is 14.5 Å². The molecule has 1 N–H and O–H groups in total. The molecule has 0 aliphatic rings. The van der Waals surface area contributed by atoms with Crippen LogP contribution < -0.4 is 10.2 Å². The lowest BCUT2D eigenvalue weighted by Crippen LogP contribution is -2.27. The minimum Gasteiger partial charge on any atom is -0.367 e. The molecule has 0 aliphatic carbocycles. The third-order valence-corrected chi connectivity index (χ3v) is 2.41. The van der Waals surface area contributed by atoms with Gasteiger partial charge in [-0.05, 0) is 11.6 Å². The summed E-state index contributed by atoms with van der Waals surface area (Å²) < 4.78 is 24.7. The fourth-order valence-electron chi connectivity index (χ4n) is 1.53. The van der Waals surface area contributed by atoms with E-state index in [1.807, 2.05) is 19.9 Å². The lowest BCUT2D eigenvalue weighted by Gasteiger charge is -2.22. The Kier molecular flexibility index (Phi) is 5.28. The second-order valence-corrected chi connectivity index (χ2v) is 4.31. The van der Waals surface area contributed by atoms with Gasteiger partial charge in [0, 0.05) is 25.8 Å². The van der Waals surface area contributed by atoms with Crippen LogP contribution in [0.2, 0.25) is 0 Å². The molecule has 0 bridgehead atoms. The molecule has 0 amide bonds. The summed E-state index contributed by atoms with van der Waals surface area (Å²) in [6.07, 6.45) is 0.961. The number of nitrogens with one attached hydrogen (secondary N) is 1. The minimum atomic E-state index is -2.34. The topological polar surface area (TPSA) is 28.2 Å². The lowest BCUT2D eigenvalue weighted by atomic mass is 10.2. The van der Waals surface area contributed by atoms with E-state index in [2.05, 4.69) is 10.3 Å². The molecule has 1 aromatic rings. The molecule has 0 saturated carbocycles. The summed E-state index contributed by atoms with van der Waals surface area (Å²) in [6, 6.07) is 2.21. The van der Waals surface area contributed by atoms with Crippen LogP contribution in [0.15, 0.2) is 18.5 Å². The van der Waals surface area contributed by atoms with E-state index in [0.29, 0.717) is 12.6 Å². The number of pyridine rings is 1. The van der Waals surface area contributed by atoms with Crippen LogP contribution in [0, 0.1) is 0 Å². The van der Waals surface area contributed by atoms with E-state index in [1.54, 1.807) is 19.4 Å². The molecule has 0 atom stereocenters. The zero-order valence-corrected chi connectivity index (χ0v) is 10.5. The Morgan fingerprint density at radius 2 is 2.12 bits per heavy atom. The summed E-state index contributed by atoms with van der Waals surface area (Å²) in [6.45, 7) is 4.47. The highest BCUT2D eigenvalue weighted by molar-refractivity contribution is 5.51. The monoisotopic (exact) mass is 243 g/mol. The van der Waals surface area contributed by atoms with Crippen LogP contribution in [-0.2, 0) is 6.54 Å². The van der Waals surface area contributed by atoms with Crippen molar-refractivity contribution in [1.82, 2.24) is 10.3 Å². The minimum absolute atomic E-state index is 0.277. The van der Waals surface area contributed by atoms with E-state index in [0.717, 1.165) is 11.3 Å². The van der Waals surface area contributed by atoms with Crippen LogP contribution >= 0.6 is 0 Å². The zero-order valence-electron chi connectivity index (χ0n) is 10.5. The van der Waals surface area contributed by atoms with Crippen molar-refractivity contribution >= 4 is 5.69 Å². The highest BCUT2D eigenvalue weighted by Crippen LogP contribution is 2.18. The van der Waals surface area contributed by atoms with Crippen molar-refractivity contribution in [2.45, 2.75) is 32.9 Å².